The third kappa shape index (κ3) is 3.58. The Morgan fingerprint density at radius 3 is 2.66 bits per heavy atom. The van der Waals surface area contributed by atoms with Crippen LogP contribution >= 0.6 is 0 Å². The fourth-order valence-corrected chi connectivity index (χ4v) is 4.62. The normalized spacial score (nSPS) is 21.2. The predicted molar refractivity (Wildman–Crippen MR) is 122 cm³/mol. The lowest BCUT2D eigenvalue weighted by Gasteiger charge is -2.37. The summed E-state index contributed by atoms with van der Waals surface area (Å²) in [6.45, 7) is 4.47. The topological polar surface area (TPSA) is 77.3 Å². The van der Waals surface area contributed by atoms with Gasteiger partial charge in [0, 0.05) is 31.0 Å². The fraction of sp³-hybridized carbons (Fsp3) is 0.458. The van der Waals surface area contributed by atoms with E-state index in [1.165, 1.54) is 0 Å². The van der Waals surface area contributed by atoms with Crippen molar-refractivity contribution >= 4 is 17.2 Å². The fourth-order valence-electron chi connectivity index (χ4n) is 4.62. The molecule has 2 aromatic heterocycles. The Morgan fingerprint density at radius 2 is 1.94 bits per heavy atom. The van der Waals surface area contributed by atoms with Crippen LogP contribution in [0.4, 0.5) is 17.2 Å². The molecule has 2 fully saturated rings. The summed E-state index contributed by atoms with van der Waals surface area (Å²) in [4.78, 5) is 12.3. The lowest BCUT2D eigenvalue weighted by molar-refractivity contribution is 0.0978. The van der Waals surface area contributed by atoms with Gasteiger partial charge in [-0.05, 0) is 56.9 Å². The second-order valence-electron chi connectivity index (χ2n) is 9.16. The zero-order chi connectivity index (χ0) is 21.7. The van der Waals surface area contributed by atoms with Crippen LogP contribution < -0.4 is 15.0 Å². The minimum absolute atomic E-state index is 0.0179. The van der Waals surface area contributed by atoms with Gasteiger partial charge in [-0.2, -0.15) is 10.1 Å². The summed E-state index contributed by atoms with van der Waals surface area (Å²) in [7, 11) is 1.91. The number of hydrogen-bond acceptors (Lipinski definition) is 7. The molecule has 3 aromatic rings. The molecule has 8 heteroatoms. The van der Waals surface area contributed by atoms with Crippen LogP contribution in [0.5, 0.6) is 5.88 Å². The van der Waals surface area contributed by atoms with Crippen molar-refractivity contribution in [3.63, 3.8) is 0 Å². The Kier molecular flexibility index (Phi) is 4.57. The second-order valence-corrected chi connectivity index (χ2v) is 9.16. The molecule has 4 heterocycles. The number of morpholine rings is 1. The molecule has 166 valence electrons. The minimum atomic E-state index is 0.0179. The highest BCUT2D eigenvalue weighted by Crippen LogP contribution is 2.49. The molecule has 1 atom stereocenters. The molecule has 1 aliphatic carbocycles. The summed E-state index contributed by atoms with van der Waals surface area (Å²) in [5, 5.41) is 7.57. The summed E-state index contributed by atoms with van der Waals surface area (Å²) in [5.41, 5.74) is 4.09. The van der Waals surface area contributed by atoms with Gasteiger partial charge in [0.05, 0.1) is 36.7 Å². The molecule has 0 bridgehead atoms. The third-order valence-electron chi connectivity index (χ3n) is 6.68. The van der Waals surface area contributed by atoms with Gasteiger partial charge in [0.1, 0.15) is 11.4 Å². The van der Waals surface area contributed by atoms with Crippen molar-refractivity contribution in [2.75, 3.05) is 30.0 Å². The number of anilines is 3. The first-order valence-corrected chi connectivity index (χ1v) is 11.4. The van der Waals surface area contributed by atoms with Gasteiger partial charge in [-0.25, -0.2) is 4.98 Å². The highest BCUT2D eigenvalue weighted by molar-refractivity contribution is 5.67. The van der Waals surface area contributed by atoms with E-state index in [-0.39, 0.29) is 11.6 Å². The first kappa shape index (κ1) is 19.5. The van der Waals surface area contributed by atoms with E-state index in [1.807, 2.05) is 25.4 Å². The summed E-state index contributed by atoms with van der Waals surface area (Å²) < 4.78 is 13.9. The number of nitrogens with zero attached hydrogens (tertiary/aromatic N) is 5. The van der Waals surface area contributed by atoms with Crippen molar-refractivity contribution < 1.29 is 9.47 Å². The molecule has 1 saturated carbocycles. The van der Waals surface area contributed by atoms with Crippen molar-refractivity contribution in [1.29, 1.82) is 0 Å². The summed E-state index contributed by atoms with van der Waals surface area (Å²) in [6.07, 6.45) is 8.04. The zero-order valence-corrected chi connectivity index (χ0v) is 18.5. The Balaban J connectivity index is 1.35. The third-order valence-corrected chi connectivity index (χ3v) is 6.68. The summed E-state index contributed by atoms with van der Waals surface area (Å²) >= 11 is 0. The Bertz CT molecular complexity index is 1140. The first-order chi connectivity index (χ1) is 15.6. The molecule has 8 nitrogen and oxygen atoms in total. The molecule has 32 heavy (non-hydrogen) atoms. The SMILES string of the molecule is CC1COCCN1c1nc(-c2ccc(Nc3cnn(C)c3)cc2)nc2c1CCC1(CC1)O2. The van der Waals surface area contributed by atoms with Crippen LogP contribution in [0.15, 0.2) is 36.7 Å². The molecule has 1 unspecified atom stereocenters. The van der Waals surface area contributed by atoms with E-state index in [1.54, 1.807) is 10.9 Å². The van der Waals surface area contributed by atoms with Gasteiger partial charge < -0.3 is 19.7 Å². The second kappa shape index (κ2) is 7.48. The Labute approximate surface area is 187 Å². The van der Waals surface area contributed by atoms with Gasteiger partial charge in [-0.15, -0.1) is 0 Å². The number of aryl methyl sites for hydroxylation is 1. The number of hydrogen-bond donors (Lipinski definition) is 1. The van der Waals surface area contributed by atoms with Crippen molar-refractivity contribution in [3.05, 3.63) is 42.2 Å². The van der Waals surface area contributed by atoms with Crippen molar-refractivity contribution in [2.45, 2.75) is 44.2 Å². The molecule has 3 aliphatic rings. The van der Waals surface area contributed by atoms with Gasteiger partial charge >= 0.3 is 0 Å². The predicted octanol–water partition coefficient (Wildman–Crippen LogP) is 3.70. The van der Waals surface area contributed by atoms with Crippen LogP contribution in [0, 0.1) is 0 Å². The standard InChI is InChI=1S/C24H28N6O2/c1-16-15-31-12-11-30(16)22-20-7-8-24(9-10-24)32-23(20)28-21(27-22)17-3-5-18(6-4-17)26-19-13-25-29(2)14-19/h3-6,13-14,16,26H,7-12,15H2,1-2H3. The van der Waals surface area contributed by atoms with Gasteiger partial charge in [0.2, 0.25) is 5.88 Å². The average Bonchev–Trinajstić information content (AvgIpc) is 3.42. The minimum Gasteiger partial charge on any atom is -0.471 e. The number of fused-ring (bicyclic) bond motifs is 1. The molecule has 1 saturated heterocycles. The van der Waals surface area contributed by atoms with E-state index in [0.29, 0.717) is 12.4 Å². The zero-order valence-electron chi connectivity index (χ0n) is 18.5. The van der Waals surface area contributed by atoms with E-state index >= 15 is 0 Å². The van der Waals surface area contributed by atoms with Crippen LogP contribution in [-0.4, -0.2) is 51.1 Å². The average molecular weight is 433 g/mol. The van der Waals surface area contributed by atoms with E-state index < -0.39 is 0 Å². The molecule has 0 radical (unpaired) electrons. The van der Waals surface area contributed by atoms with Gasteiger partial charge in [0.15, 0.2) is 5.82 Å². The van der Waals surface area contributed by atoms with Crippen LogP contribution in [0.3, 0.4) is 0 Å². The number of rotatable bonds is 4. The van der Waals surface area contributed by atoms with Gasteiger partial charge in [-0.3, -0.25) is 4.68 Å². The molecule has 1 N–H and O–H groups in total. The summed E-state index contributed by atoms with van der Waals surface area (Å²) in [6, 6.07) is 8.49. The van der Waals surface area contributed by atoms with Crippen LogP contribution in [-0.2, 0) is 18.2 Å². The molecular formula is C24H28N6O2. The number of aromatic nitrogens is 4. The number of ether oxygens (including phenoxy) is 2. The van der Waals surface area contributed by atoms with E-state index in [4.69, 9.17) is 19.4 Å². The van der Waals surface area contributed by atoms with E-state index in [0.717, 1.165) is 73.0 Å². The molecule has 2 aliphatic heterocycles. The van der Waals surface area contributed by atoms with Crippen molar-refractivity contribution in [3.8, 4) is 17.3 Å². The largest absolute Gasteiger partial charge is 0.471 e. The van der Waals surface area contributed by atoms with Crippen molar-refractivity contribution in [2.24, 2.45) is 7.05 Å². The Morgan fingerprint density at radius 1 is 1.09 bits per heavy atom. The lowest BCUT2D eigenvalue weighted by atomic mass is 10.0. The Hall–Kier alpha value is -3.13. The quantitative estimate of drug-likeness (QED) is 0.673. The molecule has 1 aromatic carbocycles. The van der Waals surface area contributed by atoms with Crippen LogP contribution in [0.1, 0.15) is 31.7 Å². The van der Waals surface area contributed by atoms with Gasteiger partial charge in [-0.1, -0.05) is 0 Å². The number of nitrogens with one attached hydrogen (secondary N) is 1. The molecule has 0 amide bonds. The highest BCUT2D eigenvalue weighted by Gasteiger charge is 2.49. The van der Waals surface area contributed by atoms with Crippen molar-refractivity contribution in [1.82, 2.24) is 19.7 Å². The maximum Gasteiger partial charge on any atom is 0.222 e. The van der Waals surface area contributed by atoms with Gasteiger partial charge in [0.25, 0.3) is 0 Å². The lowest BCUT2D eigenvalue weighted by Crippen LogP contribution is -2.45. The molecule has 6 rings (SSSR count). The smallest absolute Gasteiger partial charge is 0.222 e. The van der Waals surface area contributed by atoms with E-state index in [9.17, 15) is 0 Å². The first-order valence-electron chi connectivity index (χ1n) is 11.4. The van der Waals surface area contributed by atoms with Crippen LogP contribution in [0.2, 0.25) is 0 Å². The molecule has 1 spiro atoms. The monoisotopic (exact) mass is 432 g/mol. The highest BCUT2D eigenvalue weighted by atomic mass is 16.5. The van der Waals surface area contributed by atoms with Crippen LogP contribution in [0.25, 0.3) is 11.4 Å². The molecular weight excluding hydrogens is 404 g/mol. The number of benzene rings is 1. The van der Waals surface area contributed by atoms with E-state index in [2.05, 4.69) is 34.4 Å². The maximum absolute atomic E-state index is 6.43. The summed E-state index contributed by atoms with van der Waals surface area (Å²) in [5.74, 6) is 2.49. The maximum atomic E-state index is 6.43.